The summed E-state index contributed by atoms with van der Waals surface area (Å²) in [6.45, 7) is 3.50. The number of amides is 1. The number of hydrogen-bond donors (Lipinski definition) is 2. The number of hydrogen-bond acceptors (Lipinski definition) is 3. The molecule has 1 aromatic carbocycles. The molecule has 0 aliphatic rings. The van der Waals surface area contributed by atoms with Gasteiger partial charge < -0.3 is 9.84 Å². The molecule has 0 atom stereocenters. The van der Waals surface area contributed by atoms with Gasteiger partial charge in [0, 0.05) is 5.69 Å². The molecule has 0 aromatic heterocycles. The molecule has 1 radical (unpaired) electrons. The minimum atomic E-state index is -0.557. The van der Waals surface area contributed by atoms with Gasteiger partial charge in [-0.3, -0.25) is 5.32 Å². The fourth-order valence-electron chi connectivity index (χ4n) is 0.974. The minimum Gasteiger partial charge on any atom is -0.445 e. The summed E-state index contributed by atoms with van der Waals surface area (Å²) in [4.78, 5) is 11.1. The summed E-state index contributed by atoms with van der Waals surface area (Å²) >= 11 is 0. The summed E-state index contributed by atoms with van der Waals surface area (Å²) in [5.41, 5.74) is 1.21. The van der Waals surface area contributed by atoms with Gasteiger partial charge in [-0.15, -0.1) is 0 Å². The smallest absolute Gasteiger partial charge is 0.411 e. The fraction of sp³-hybridized carbons (Fsp3) is 0.182. The Labute approximate surface area is 88.2 Å². The molecule has 4 nitrogen and oxygen atoms in total. The van der Waals surface area contributed by atoms with Crippen molar-refractivity contribution in [2.45, 2.75) is 6.61 Å². The van der Waals surface area contributed by atoms with Crippen LogP contribution in [-0.4, -0.2) is 17.8 Å². The predicted octanol–water partition coefficient (Wildman–Crippen LogP) is 1.71. The molecule has 0 heterocycles. The SMILES string of the molecule is C=CCOC(=O)Nc1c[c]cc(CO)c1. The van der Waals surface area contributed by atoms with Crippen LogP contribution in [0.2, 0.25) is 0 Å². The van der Waals surface area contributed by atoms with E-state index in [0.717, 1.165) is 0 Å². The number of ether oxygens (including phenoxy) is 1. The second kappa shape index (κ2) is 5.82. The highest BCUT2D eigenvalue weighted by Gasteiger charge is 2.02. The average Bonchev–Trinajstić information content (AvgIpc) is 2.26. The molecule has 0 spiro atoms. The third kappa shape index (κ3) is 3.83. The van der Waals surface area contributed by atoms with Gasteiger partial charge in [-0.25, -0.2) is 4.79 Å². The van der Waals surface area contributed by atoms with Crippen molar-refractivity contribution in [1.29, 1.82) is 0 Å². The number of anilines is 1. The quantitative estimate of drug-likeness (QED) is 0.737. The Hall–Kier alpha value is -1.81. The summed E-state index contributed by atoms with van der Waals surface area (Å²) in [5.74, 6) is 0. The first-order chi connectivity index (χ1) is 7.26. The van der Waals surface area contributed by atoms with Crippen LogP contribution in [0.15, 0.2) is 30.9 Å². The first kappa shape index (κ1) is 11.3. The van der Waals surface area contributed by atoms with Crippen LogP contribution in [0.3, 0.4) is 0 Å². The number of rotatable bonds is 4. The molecular weight excluding hydrogens is 194 g/mol. The number of nitrogens with one attached hydrogen (secondary N) is 1. The van der Waals surface area contributed by atoms with Crippen molar-refractivity contribution in [3.8, 4) is 0 Å². The van der Waals surface area contributed by atoms with Gasteiger partial charge in [0.05, 0.1) is 6.61 Å². The van der Waals surface area contributed by atoms with E-state index >= 15 is 0 Å². The van der Waals surface area contributed by atoms with E-state index in [0.29, 0.717) is 11.3 Å². The van der Waals surface area contributed by atoms with Crippen molar-refractivity contribution in [1.82, 2.24) is 0 Å². The lowest BCUT2D eigenvalue weighted by atomic mass is 10.2. The van der Waals surface area contributed by atoms with Gasteiger partial charge in [0.15, 0.2) is 0 Å². The highest BCUT2D eigenvalue weighted by molar-refractivity contribution is 5.84. The van der Waals surface area contributed by atoms with E-state index in [1.165, 1.54) is 6.08 Å². The molecule has 0 saturated carbocycles. The average molecular weight is 206 g/mol. The van der Waals surface area contributed by atoms with Gasteiger partial charge in [0.25, 0.3) is 0 Å². The van der Waals surface area contributed by atoms with E-state index in [1.54, 1.807) is 18.2 Å². The lowest BCUT2D eigenvalue weighted by molar-refractivity contribution is 0.174. The zero-order valence-corrected chi connectivity index (χ0v) is 8.19. The number of aliphatic hydroxyl groups excluding tert-OH is 1. The third-order valence-electron chi connectivity index (χ3n) is 1.61. The second-order valence-electron chi connectivity index (χ2n) is 2.80. The third-order valence-corrected chi connectivity index (χ3v) is 1.61. The molecule has 79 valence electrons. The Morgan fingerprint density at radius 3 is 3.13 bits per heavy atom. The number of aliphatic hydroxyl groups is 1. The second-order valence-corrected chi connectivity index (χ2v) is 2.80. The molecule has 15 heavy (non-hydrogen) atoms. The highest BCUT2D eigenvalue weighted by Crippen LogP contribution is 2.10. The van der Waals surface area contributed by atoms with Crippen LogP contribution >= 0.6 is 0 Å². The Balaban J connectivity index is 2.55. The van der Waals surface area contributed by atoms with Crippen molar-refractivity contribution < 1.29 is 14.6 Å². The van der Waals surface area contributed by atoms with Crippen LogP contribution in [0.5, 0.6) is 0 Å². The van der Waals surface area contributed by atoms with Crippen molar-refractivity contribution in [3.05, 3.63) is 42.5 Å². The van der Waals surface area contributed by atoms with E-state index in [9.17, 15) is 4.79 Å². The topological polar surface area (TPSA) is 58.6 Å². The zero-order chi connectivity index (χ0) is 11.1. The molecule has 1 rings (SSSR count). The molecule has 1 amide bonds. The summed E-state index contributed by atoms with van der Waals surface area (Å²) in [7, 11) is 0. The molecule has 4 heteroatoms. The van der Waals surface area contributed by atoms with Crippen LogP contribution in [-0.2, 0) is 11.3 Å². The van der Waals surface area contributed by atoms with E-state index < -0.39 is 6.09 Å². The van der Waals surface area contributed by atoms with Gasteiger partial charge >= 0.3 is 6.09 Å². The van der Waals surface area contributed by atoms with Crippen LogP contribution in [0.1, 0.15) is 5.56 Å². The number of carbonyl (C=O) groups is 1. The molecular formula is C11H12NO3. The summed E-state index contributed by atoms with van der Waals surface area (Å²) < 4.78 is 4.72. The van der Waals surface area contributed by atoms with Crippen molar-refractivity contribution in [2.24, 2.45) is 0 Å². The van der Waals surface area contributed by atoms with Crippen LogP contribution < -0.4 is 5.32 Å². The Kier molecular flexibility index (Phi) is 4.37. The first-order valence-corrected chi connectivity index (χ1v) is 4.42. The standard InChI is InChI=1S/C11H12NO3/c1-2-6-15-11(14)12-10-5-3-4-9(7-10)8-13/h2,4-5,7,13H,1,6,8H2,(H,12,14). The maximum Gasteiger partial charge on any atom is 0.411 e. The summed E-state index contributed by atoms with van der Waals surface area (Å²) in [6, 6.07) is 7.67. The largest absolute Gasteiger partial charge is 0.445 e. The highest BCUT2D eigenvalue weighted by atomic mass is 16.5. The van der Waals surface area contributed by atoms with Crippen molar-refractivity contribution >= 4 is 11.8 Å². The predicted molar refractivity (Wildman–Crippen MR) is 56.4 cm³/mol. The van der Waals surface area contributed by atoms with Gasteiger partial charge in [0.2, 0.25) is 0 Å². The Bertz CT molecular complexity index is 349. The Morgan fingerprint density at radius 2 is 2.47 bits per heavy atom. The summed E-state index contributed by atoms with van der Waals surface area (Å²) in [5, 5.41) is 11.4. The van der Waals surface area contributed by atoms with Crippen LogP contribution in [0, 0.1) is 6.07 Å². The monoisotopic (exact) mass is 206 g/mol. The van der Waals surface area contributed by atoms with Crippen LogP contribution in [0.25, 0.3) is 0 Å². The van der Waals surface area contributed by atoms with E-state index in [-0.39, 0.29) is 13.2 Å². The number of benzene rings is 1. The molecule has 2 N–H and O–H groups in total. The van der Waals surface area contributed by atoms with Crippen molar-refractivity contribution in [2.75, 3.05) is 11.9 Å². The van der Waals surface area contributed by atoms with Crippen molar-refractivity contribution in [3.63, 3.8) is 0 Å². The lowest BCUT2D eigenvalue weighted by Gasteiger charge is -2.05. The first-order valence-electron chi connectivity index (χ1n) is 4.42. The van der Waals surface area contributed by atoms with Gasteiger partial charge in [0.1, 0.15) is 6.61 Å². The maximum absolute atomic E-state index is 11.1. The summed E-state index contributed by atoms with van der Waals surface area (Å²) in [6.07, 6.45) is 0.925. The van der Waals surface area contributed by atoms with E-state index in [1.807, 2.05) is 0 Å². The lowest BCUT2D eigenvalue weighted by Crippen LogP contribution is -2.13. The van der Waals surface area contributed by atoms with Gasteiger partial charge in [-0.1, -0.05) is 12.7 Å². The molecule has 0 fully saturated rings. The molecule has 0 saturated heterocycles. The normalized spacial score (nSPS) is 9.40. The zero-order valence-electron chi connectivity index (χ0n) is 8.19. The van der Waals surface area contributed by atoms with E-state index in [2.05, 4.69) is 18.0 Å². The Morgan fingerprint density at radius 1 is 1.67 bits per heavy atom. The molecule has 0 aliphatic carbocycles. The van der Waals surface area contributed by atoms with Gasteiger partial charge in [-0.2, -0.15) is 0 Å². The van der Waals surface area contributed by atoms with Crippen LogP contribution in [0.4, 0.5) is 10.5 Å². The molecule has 0 aliphatic heterocycles. The number of carbonyl (C=O) groups excluding carboxylic acids is 1. The van der Waals surface area contributed by atoms with Gasteiger partial charge in [-0.05, 0) is 29.8 Å². The molecule has 1 aromatic rings. The molecule has 0 unspecified atom stereocenters. The minimum absolute atomic E-state index is 0.0896. The van der Waals surface area contributed by atoms with E-state index in [4.69, 9.17) is 9.84 Å². The fourth-order valence-corrected chi connectivity index (χ4v) is 0.974. The maximum atomic E-state index is 11.1. The molecule has 0 bridgehead atoms.